The van der Waals surface area contributed by atoms with E-state index < -0.39 is 17.7 Å². The van der Waals surface area contributed by atoms with E-state index in [2.05, 4.69) is 4.98 Å². The van der Waals surface area contributed by atoms with Crippen molar-refractivity contribution in [2.24, 2.45) is 0 Å². The van der Waals surface area contributed by atoms with Crippen molar-refractivity contribution in [3.8, 4) is 21.8 Å². The topological polar surface area (TPSA) is 46.3 Å². The summed E-state index contributed by atoms with van der Waals surface area (Å²) in [4.78, 5) is 4.83. The fourth-order valence-corrected chi connectivity index (χ4v) is 3.58. The van der Waals surface area contributed by atoms with Gasteiger partial charge in [-0.15, -0.1) is 11.3 Å². The van der Waals surface area contributed by atoms with Crippen LogP contribution in [0, 0.1) is 11.6 Å². The summed E-state index contributed by atoms with van der Waals surface area (Å²) in [6, 6.07) is 10.5. The van der Waals surface area contributed by atoms with Crippen molar-refractivity contribution in [3.05, 3.63) is 89.3 Å². The molecular weight excluding hydrogens is 356 g/mol. The zero-order chi connectivity index (χ0) is 18.1. The van der Waals surface area contributed by atoms with E-state index in [1.807, 2.05) is 17.5 Å². The predicted octanol–water partition coefficient (Wildman–Crippen LogP) is 5.43. The van der Waals surface area contributed by atoms with Gasteiger partial charge < -0.3 is 9.52 Å². The van der Waals surface area contributed by atoms with E-state index >= 15 is 0 Å². The Bertz CT molecular complexity index is 1030. The fourth-order valence-electron chi connectivity index (χ4n) is 2.86. The van der Waals surface area contributed by atoms with Gasteiger partial charge in [0.25, 0.3) is 0 Å². The lowest BCUT2D eigenvalue weighted by Crippen LogP contribution is -2.02. The number of rotatable bonds is 4. The van der Waals surface area contributed by atoms with Gasteiger partial charge in [0.2, 0.25) is 0 Å². The van der Waals surface area contributed by atoms with E-state index in [1.165, 1.54) is 29.7 Å². The summed E-state index contributed by atoms with van der Waals surface area (Å²) in [5.41, 5.74) is 1.51. The Balaban J connectivity index is 1.93. The van der Waals surface area contributed by atoms with Gasteiger partial charge in [-0.1, -0.05) is 12.1 Å². The Labute approximate surface area is 152 Å². The Morgan fingerprint density at radius 2 is 1.96 bits per heavy atom. The highest BCUT2D eigenvalue weighted by atomic mass is 32.1. The second-order valence-electron chi connectivity index (χ2n) is 5.68. The molecule has 0 spiro atoms. The number of hydrogen-bond acceptors (Lipinski definition) is 4. The molecular formula is C20H13F2NO2S. The predicted molar refractivity (Wildman–Crippen MR) is 95.7 cm³/mol. The lowest BCUT2D eigenvalue weighted by Gasteiger charge is -2.13. The average Bonchev–Trinajstić information content (AvgIpc) is 3.31. The summed E-state index contributed by atoms with van der Waals surface area (Å²) in [6.45, 7) is 0. The molecule has 1 aromatic carbocycles. The number of hydrogen-bond donors (Lipinski definition) is 1. The van der Waals surface area contributed by atoms with Crippen molar-refractivity contribution >= 4 is 11.3 Å². The van der Waals surface area contributed by atoms with E-state index in [-0.39, 0.29) is 5.56 Å². The molecule has 6 heteroatoms. The second-order valence-corrected chi connectivity index (χ2v) is 6.63. The third-order valence-electron chi connectivity index (χ3n) is 4.07. The maximum absolute atomic E-state index is 14.4. The molecule has 0 amide bonds. The Morgan fingerprint density at radius 1 is 1.08 bits per heavy atom. The molecule has 0 aliphatic rings. The molecule has 0 aliphatic heterocycles. The molecule has 1 unspecified atom stereocenters. The third-order valence-corrected chi connectivity index (χ3v) is 4.94. The first-order valence-corrected chi connectivity index (χ1v) is 8.72. The number of aromatic nitrogens is 1. The molecule has 1 N–H and O–H groups in total. The molecule has 3 aromatic heterocycles. The van der Waals surface area contributed by atoms with E-state index in [1.54, 1.807) is 24.5 Å². The Morgan fingerprint density at radius 3 is 2.65 bits per heavy atom. The number of halogens is 2. The number of aliphatic hydroxyl groups is 1. The Hall–Kier alpha value is -2.83. The maximum Gasteiger partial charge on any atom is 0.150 e. The summed E-state index contributed by atoms with van der Waals surface area (Å²) < 4.78 is 33.3. The van der Waals surface area contributed by atoms with Gasteiger partial charge >= 0.3 is 0 Å². The van der Waals surface area contributed by atoms with Crippen molar-refractivity contribution in [1.29, 1.82) is 0 Å². The molecule has 0 saturated carbocycles. The van der Waals surface area contributed by atoms with Gasteiger partial charge in [0.05, 0.1) is 11.1 Å². The van der Waals surface area contributed by atoms with Crippen molar-refractivity contribution in [2.75, 3.05) is 0 Å². The minimum Gasteiger partial charge on any atom is -0.462 e. The first kappa shape index (κ1) is 16.6. The van der Waals surface area contributed by atoms with Gasteiger partial charge in [0.1, 0.15) is 17.7 Å². The largest absolute Gasteiger partial charge is 0.462 e. The van der Waals surface area contributed by atoms with Crippen LogP contribution >= 0.6 is 11.3 Å². The van der Waals surface area contributed by atoms with Gasteiger partial charge in [-0.05, 0) is 29.6 Å². The standard InChI is InChI=1S/C20H13F2NO2S/c21-13-5-6-14(16(22)9-13)15-11-25-20(17-4-2-8-26-17)18(15)19(24)12-3-1-7-23-10-12/h1-11,19,24H. The summed E-state index contributed by atoms with van der Waals surface area (Å²) in [5.74, 6) is -0.930. The number of benzene rings is 1. The highest BCUT2D eigenvalue weighted by Gasteiger charge is 2.26. The summed E-state index contributed by atoms with van der Waals surface area (Å²) in [5, 5.41) is 12.8. The first-order valence-electron chi connectivity index (χ1n) is 7.84. The van der Waals surface area contributed by atoms with Crippen LogP contribution in [0.25, 0.3) is 21.8 Å². The van der Waals surface area contributed by atoms with E-state index in [9.17, 15) is 13.9 Å². The summed E-state index contributed by atoms with van der Waals surface area (Å²) in [6.07, 6.45) is 3.46. The van der Waals surface area contributed by atoms with E-state index in [0.29, 0.717) is 22.5 Å². The van der Waals surface area contributed by atoms with Crippen molar-refractivity contribution in [1.82, 2.24) is 4.98 Å². The van der Waals surface area contributed by atoms with Gasteiger partial charge in [-0.3, -0.25) is 4.98 Å². The monoisotopic (exact) mass is 369 g/mol. The van der Waals surface area contributed by atoms with Crippen LogP contribution in [-0.2, 0) is 0 Å². The second kappa shape index (κ2) is 6.82. The van der Waals surface area contributed by atoms with Gasteiger partial charge in [-0.25, -0.2) is 8.78 Å². The minimum absolute atomic E-state index is 0.163. The van der Waals surface area contributed by atoms with Gasteiger partial charge in [-0.2, -0.15) is 0 Å². The smallest absolute Gasteiger partial charge is 0.150 e. The first-order chi connectivity index (χ1) is 12.6. The number of thiophene rings is 1. The number of nitrogens with zero attached hydrogens (tertiary/aromatic N) is 1. The molecule has 4 aromatic rings. The average molecular weight is 369 g/mol. The number of furan rings is 1. The lowest BCUT2D eigenvalue weighted by atomic mass is 9.94. The molecule has 4 rings (SSSR count). The van der Waals surface area contributed by atoms with Crippen LogP contribution in [-0.4, -0.2) is 10.1 Å². The molecule has 3 nitrogen and oxygen atoms in total. The van der Waals surface area contributed by atoms with Crippen molar-refractivity contribution in [2.45, 2.75) is 6.10 Å². The molecule has 1 atom stereocenters. The van der Waals surface area contributed by atoms with Gasteiger partial charge in [0, 0.05) is 40.7 Å². The third kappa shape index (κ3) is 2.94. The normalized spacial score (nSPS) is 12.3. The van der Waals surface area contributed by atoms with Crippen LogP contribution in [0.15, 0.2) is 70.9 Å². The molecule has 0 bridgehead atoms. The molecule has 0 aliphatic carbocycles. The summed E-state index contributed by atoms with van der Waals surface area (Å²) in [7, 11) is 0. The maximum atomic E-state index is 14.4. The molecule has 3 heterocycles. The summed E-state index contributed by atoms with van der Waals surface area (Å²) >= 11 is 1.44. The van der Waals surface area contributed by atoms with E-state index in [4.69, 9.17) is 4.42 Å². The molecule has 0 fully saturated rings. The number of pyridine rings is 1. The van der Waals surface area contributed by atoms with Crippen LogP contribution in [0.5, 0.6) is 0 Å². The van der Waals surface area contributed by atoms with Crippen LogP contribution in [0.2, 0.25) is 0 Å². The van der Waals surface area contributed by atoms with E-state index in [0.717, 1.165) is 10.9 Å². The number of aliphatic hydroxyl groups excluding tert-OH is 1. The van der Waals surface area contributed by atoms with Gasteiger partial charge in [0.15, 0.2) is 5.76 Å². The van der Waals surface area contributed by atoms with Crippen molar-refractivity contribution in [3.63, 3.8) is 0 Å². The van der Waals surface area contributed by atoms with Crippen molar-refractivity contribution < 1.29 is 18.3 Å². The van der Waals surface area contributed by atoms with Crippen LogP contribution in [0.4, 0.5) is 8.78 Å². The fraction of sp³-hybridized carbons (Fsp3) is 0.0500. The molecule has 26 heavy (non-hydrogen) atoms. The van der Waals surface area contributed by atoms with Crippen LogP contribution in [0.1, 0.15) is 17.2 Å². The lowest BCUT2D eigenvalue weighted by molar-refractivity contribution is 0.220. The minimum atomic E-state index is -1.07. The zero-order valence-electron chi connectivity index (χ0n) is 13.4. The zero-order valence-corrected chi connectivity index (χ0v) is 14.2. The Kier molecular flexibility index (Phi) is 4.36. The van der Waals surface area contributed by atoms with Crippen LogP contribution in [0.3, 0.4) is 0 Å². The molecule has 130 valence electrons. The molecule has 0 radical (unpaired) electrons. The quantitative estimate of drug-likeness (QED) is 0.522. The SMILES string of the molecule is OC(c1cccnc1)c1c(-c2ccc(F)cc2F)coc1-c1cccs1. The van der Waals surface area contributed by atoms with Crippen LogP contribution < -0.4 is 0 Å². The highest BCUT2D eigenvalue weighted by Crippen LogP contribution is 2.42. The highest BCUT2D eigenvalue weighted by molar-refractivity contribution is 7.13. The molecule has 0 saturated heterocycles.